The van der Waals surface area contributed by atoms with E-state index < -0.39 is 11.6 Å². The molecule has 0 aliphatic heterocycles. The van der Waals surface area contributed by atoms with E-state index in [-0.39, 0.29) is 17.8 Å². The molecule has 0 aliphatic carbocycles. The van der Waals surface area contributed by atoms with Gasteiger partial charge in [-0.1, -0.05) is 0 Å². The Balaban J connectivity index is 1.24. The minimum Gasteiger partial charge on any atom is -0.493 e. The topological polar surface area (TPSA) is 66.0 Å². The predicted octanol–water partition coefficient (Wildman–Crippen LogP) is 5.23. The zero-order chi connectivity index (χ0) is 22.8. The third kappa shape index (κ3) is 4.41. The quantitative estimate of drug-likeness (QED) is 0.319. The van der Waals surface area contributed by atoms with Crippen LogP contribution in [-0.2, 0) is 0 Å². The summed E-state index contributed by atoms with van der Waals surface area (Å²) in [5.41, 5.74) is 1.75. The molecule has 0 radical (unpaired) electrons. The first-order chi connectivity index (χ1) is 16.1. The van der Waals surface area contributed by atoms with Crippen molar-refractivity contribution in [2.75, 3.05) is 13.2 Å². The molecule has 166 valence electrons. The van der Waals surface area contributed by atoms with Gasteiger partial charge in [0.05, 0.1) is 24.9 Å². The molecule has 0 unspecified atom stereocenters. The van der Waals surface area contributed by atoms with E-state index in [1.807, 2.05) is 28.8 Å². The van der Waals surface area contributed by atoms with Crippen molar-refractivity contribution in [2.24, 2.45) is 0 Å². The van der Waals surface area contributed by atoms with Gasteiger partial charge in [0.2, 0.25) is 0 Å². The Bertz CT molecular complexity index is 1510. The summed E-state index contributed by atoms with van der Waals surface area (Å²) >= 11 is 0. The van der Waals surface area contributed by atoms with E-state index >= 15 is 0 Å². The summed E-state index contributed by atoms with van der Waals surface area (Å²) in [7, 11) is 0. The Morgan fingerprint density at radius 3 is 2.52 bits per heavy atom. The Labute approximate surface area is 186 Å². The van der Waals surface area contributed by atoms with Crippen molar-refractivity contribution in [3.8, 4) is 23.0 Å². The van der Waals surface area contributed by atoms with E-state index in [0.29, 0.717) is 41.2 Å². The number of nitrogens with zero attached hydrogens (tertiary/aromatic N) is 2. The lowest BCUT2D eigenvalue weighted by atomic mass is 10.2. The summed E-state index contributed by atoms with van der Waals surface area (Å²) in [5.74, 6) is -0.721. The van der Waals surface area contributed by atoms with Crippen molar-refractivity contribution >= 4 is 16.5 Å². The average molecular weight is 448 g/mol. The molecule has 6 nitrogen and oxygen atoms in total. The van der Waals surface area contributed by atoms with Crippen LogP contribution < -0.4 is 14.9 Å². The molecule has 0 spiro atoms. The van der Waals surface area contributed by atoms with E-state index in [4.69, 9.17) is 13.9 Å². The Morgan fingerprint density at radius 1 is 0.909 bits per heavy atom. The first-order valence-corrected chi connectivity index (χ1v) is 10.3. The third-order valence-corrected chi connectivity index (χ3v) is 5.09. The number of hydrogen-bond donors (Lipinski definition) is 0. The fraction of sp³-hybridized carbons (Fsp3) is 0.120. The molecule has 0 fully saturated rings. The van der Waals surface area contributed by atoms with E-state index in [1.165, 1.54) is 12.1 Å². The van der Waals surface area contributed by atoms with Crippen LogP contribution in [0.15, 0.2) is 82.4 Å². The lowest BCUT2D eigenvalue weighted by molar-refractivity contribution is 0.246. The summed E-state index contributed by atoms with van der Waals surface area (Å²) in [6.45, 7) is 0.586. The highest BCUT2D eigenvalue weighted by Gasteiger charge is 2.10. The van der Waals surface area contributed by atoms with Gasteiger partial charge in [0.1, 0.15) is 22.8 Å². The molecular formula is C25H18F2N2O4. The summed E-state index contributed by atoms with van der Waals surface area (Å²) < 4.78 is 45.0. The van der Waals surface area contributed by atoms with Crippen LogP contribution in [-0.4, -0.2) is 22.6 Å². The number of halogens is 2. The fourth-order valence-corrected chi connectivity index (χ4v) is 3.43. The molecule has 8 heteroatoms. The van der Waals surface area contributed by atoms with Gasteiger partial charge in [-0.2, -0.15) is 0 Å². The highest BCUT2D eigenvalue weighted by molar-refractivity contribution is 5.80. The molecule has 5 aromatic rings. The van der Waals surface area contributed by atoms with Gasteiger partial charge in [0.15, 0.2) is 22.8 Å². The predicted molar refractivity (Wildman–Crippen MR) is 119 cm³/mol. The van der Waals surface area contributed by atoms with Gasteiger partial charge < -0.3 is 18.3 Å². The van der Waals surface area contributed by atoms with Crippen molar-refractivity contribution < 1.29 is 22.7 Å². The molecule has 0 bridgehead atoms. The number of ether oxygens (including phenoxy) is 2. The molecule has 2 aromatic carbocycles. The molecule has 0 saturated carbocycles. The Hall–Kier alpha value is -4.20. The van der Waals surface area contributed by atoms with Gasteiger partial charge in [-0.05, 0) is 48.5 Å². The lowest BCUT2D eigenvalue weighted by Crippen LogP contribution is -2.06. The van der Waals surface area contributed by atoms with E-state index in [9.17, 15) is 13.6 Å². The maximum atomic E-state index is 13.2. The summed E-state index contributed by atoms with van der Waals surface area (Å²) in [4.78, 5) is 17.1. The molecule has 0 aliphatic rings. The number of aromatic nitrogens is 2. The second-order valence-corrected chi connectivity index (χ2v) is 7.37. The number of fused-ring (bicyclic) bond motifs is 2. The second kappa shape index (κ2) is 8.74. The molecule has 5 rings (SSSR count). The monoisotopic (exact) mass is 448 g/mol. The summed E-state index contributed by atoms with van der Waals surface area (Å²) in [6.07, 6.45) is 4.07. The van der Waals surface area contributed by atoms with Crippen LogP contribution in [0.1, 0.15) is 6.42 Å². The average Bonchev–Trinajstić information content (AvgIpc) is 3.29. The SMILES string of the molecule is O=c1cc(-c2cc3cccn3cn2)oc2ccc(OCCCOc3ccc(F)c(F)c3)cc12. The normalized spacial score (nSPS) is 11.2. The minimum atomic E-state index is -0.955. The van der Waals surface area contributed by atoms with Crippen molar-refractivity contribution in [2.45, 2.75) is 6.42 Å². The van der Waals surface area contributed by atoms with Crippen molar-refractivity contribution in [3.05, 3.63) is 95.0 Å². The molecule has 33 heavy (non-hydrogen) atoms. The molecule has 0 amide bonds. The number of hydrogen-bond acceptors (Lipinski definition) is 5. The van der Waals surface area contributed by atoms with Crippen LogP contribution in [0.4, 0.5) is 8.78 Å². The maximum Gasteiger partial charge on any atom is 0.193 e. The third-order valence-electron chi connectivity index (χ3n) is 5.09. The van der Waals surface area contributed by atoms with Crippen LogP contribution in [0, 0.1) is 11.6 Å². The van der Waals surface area contributed by atoms with Gasteiger partial charge in [-0.3, -0.25) is 4.79 Å². The van der Waals surface area contributed by atoms with Crippen LogP contribution in [0.5, 0.6) is 11.5 Å². The van der Waals surface area contributed by atoms with Crippen LogP contribution in [0.3, 0.4) is 0 Å². The van der Waals surface area contributed by atoms with Gasteiger partial charge in [-0.15, -0.1) is 0 Å². The molecular weight excluding hydrogens is 430 g/mol. The van der Waals surface area contributed by atoms with Crippen LogP contribution >= 0.6 is 0 Å². The first kappa shape index (κ1) is 20.7. The maximum absolute atomic E-state index is 13.2. The summed E-state index contributed by atoms with van der Waals surface area (Å²) in [6, 6.07) is 15.5. The van der Waals surface area contributed by atoms with Crippen molar-refractivity contribution in [1.29, 1.82) is 0 Å². The first-order valence-electron chi connectivity index (χ1n) is 10.3. The largest absolute Gasteiger partial charge is 0.493 e. The zero-order valence-electron chi connectivity index (χ0n) is 17.3. The Morgan fingerprint density at radius 2 is 1.70 bits per heavy atom. The standard InChI is InChI=1S/C25H18F2N2O4/c26-20-6-4-18(13-21(20)27)32-10-2-9-31-17-5-7-24-19(12-17)23(30)14-25(33-24)22-11-16-3-1-8-29(16)15-28-22/h1,3-8,11-15H,2,9-10H2. The van der Waals surface area contributed by atoms with Gasteiger partial charge in [0.25, 0.3) is 0 Å². The molecule has 0 N–H and O–H groups in total. The van der Waals surface area contributed by atoms with Crippen LogP contribution in [0.25, 0.3) is 27.9 Å². The molecule has 0 atom stereocenters. The minimum absolute atomic E-state index is 0.199. The van der Waals surface area contributed by atoms with Crippen molar-refractivity contribution in [1.82, 2.24) is 9.38 Å². The van der Waals surface area contributed by atoms with Crippen molar-refractivity contribution in [3.63, 3.8) is 0 Å². The second-order valence-electron chi connectivity index (χ2n) is 7.37. The van der Waals surface area contributed by atoms with Gasteiger partial charge >= 0.3 is 0 Å². The van der Waals surface area contributed by atoms with Crippen LogP contribution in [0.2, 0.25) is 0 Å². The van der Waals surface area contributed by atoms with Gasteiger partial charge in [-0.25, -0.2) is 13.8 Å². The zero-order valence-corrected chi connectivity index (χ0v) is 17.3. The number of rotatable bonds is 7. The van der Waals surface area contributed by atoms with Gasteiger partial charge in [0, 0.05) is 30.3 Å². The number of benzene rings is 2. The molecule has 0 saturated heterocycles. The lowest BCUT2D eigenvalue weighted by Gasteiger charge is -2.09. The molecule has 3 aromatic heterocycles. The highest BCUT2D eigenvalue weighted by Crippen LogP contribution is 2.24. The summed E-state index contributed by atoms with van der Waals surface area (Å²) in [5, 5.41) is 0.401. The van der Waals surface area contributed by atoms with E-state index in [0.717, 1.165) is 17.6 Å². The highest BCUT2D eigenvalue weighted by atomic mass is 19.2. The molecule has 3 heterocycles. The van der Waals surface area contributed by atoms with E-state index in [2.05, 4.69) is 4.98 Å². The smallest absolute Gasteiger partial charge is 0.193 e. The Kier molecular flexibility index (Phi) is 5.48. The fourth-order valence-electron chi connectivity index (χ4n) is 3.43. The van der Waals surface area contributed by atoms with E-state index in [1.54, 1.807) is 24.5 Å².